The van der Waals surface area contributed by atoms with Crippen LogP contribution in [-0.2, 0) is 4.79 Å². The quantitative estimate of drug-likeness (QED) is 0.836. The Morgan fingerprint density at radius 1 is 1.53 bits per heavy atom. The predicted octanol–water partition coefficient (Wildman–Crippen LogP) is 1.26. The monoisotopic (exact) mass is 258 g/mol. The van der Waals surface area contributed by atoms with Gasteiger partial charge in [-0.1, -0.05) is 12.1 Å². The minimum Gasteiger partial charge on any atom is -0.491 e. The highest BCUT2D eigenvalue weighted by atomic mass is 35.5. The fourth-order valence-electron chi connectivity index (χ4n) is 1.30. The third kappa shape index (κ3) is 6.14. The van der Waals surface area contributed by atoms with Crippen molar-refractivity contribution < 1.29 is 9.53 Å². The van der Waals surface area contributed by atoms with Crippen LogP contribution in [-0.4, -0.2) is 25.1 Å². The van der Waals surface area contributed by atoms with Gasteiger partial charge in [-0.05, 0) is 31.5 Å². The number of ether oxygens (including phenoxy) is 1. The first-order valence-electron chi connectivity index (χ1n) is 5.30. The summed E-state index contributed by atoms with van der Waals surface area (Å²) in [5.41, 5.74) is 6.34. The molecule has 1 amide bonds. The molecule has 0 fully saturated rings. The van der Waals surface area contributed by atoms with Crippen LogP contribution in [0.1, 0.15) is 12.5 Å². The lowest BCUT2D eigenvalue weighted by molar-refractivity contribution is -0.120. The molecule has 3 N–H and O–H groups in total. The van der Waals surface area contributed by atoms with E-state index in [-0.39, 0.29) is 30.9 Å². The van der Waals surface area contributed by atoms with Crippen LogP contribution in [0.5, 0.6) is 5.75 Å². The van der Waals surface area contributed by atoms with E-state index < -0.39 is 0 Å². The standard InChI is InChI=1S/C12H18N2O2.ClH/c1-9-4-3-5-11(6-9)16-8-10(2)14-12(15)7-13;/h3-6,10H,7-8,13H2,1-2H3,(H,14,15);1H. The van der Waals surface area contributed by atoms with E-state index >= 15 is 0 Å². The van der Waals surface area contributed by atoms with Gasteiger partial charge in [0.1, 0.15) is 12.4 Å². The number of hydrogen-bond acceptors (Lipinski definition) is 3. The molecular weight excluding hydrogens is 240 g/mol. The van der Waals surface area contributed by atoms with Crippen LogP contribution in [0.4, 0.5) is 0 Å². The second kappa shape index (κ2) is 7.92. The first-order chi connectivity index (χ1) is 7.61. The van der Waals surface area contributed by atoms with Crippen molar-refractivity contribution in [3.63, 3.8) is 0 Å². The molecule has 0 aliphatic carbocycles. The lowest BCUT2D eigenvalue weighted by atomic mass is 10.2. The second-order valence-corrected chi connectivity index (χ2v) is 3.80. The summed E-state index contributed by atoms with van der Waals surface area (Å²) in [6.07, 6.45) is 0. The predicted molar refractivity (Wildman–Crippen MR) is 70.6 cm³/mol. The molecule has 0 saturated carbocycles. The number of carbonyl (C=O) groups is 1. The fraction of sp³-hybridized carbons (Fsp3) is 0.417. The number of aryl methyl sites for hydroxylation is 1. The van der Waals surface area contributed by atoms with Crippen molar-refractivity contribution in [1.82, 2.24) is 5.32 Å². The smallest absolute Gasteiger partial charge is 0.234 e. The summed E-state index contributed by atoms with van der Waals surface area (Å²) in [5.74, 6) is 0.647. The minimum atomic E-state index is -0.166. The van der Waals surface area contributed by atoms with Crippen LogP contribution in [0, 0.1) is 6.92 Å². The van der Waals surface area contributed by atoms with Crippen LogP contribution >= 0.6 is 12.4 Å². The molecule has 1 aromatic rings. The van der Waals surface area contributed by atoms with Crippen LogP contribution in [0.25, 0.3) is 0 Å². The van der Waals surface area contributed by atoms with Crippen molar-refractivity contribution >= 4 is 18.3 Å². The summed E-state index contributed by atoms with van der Waals surface area (Å²) in [7, 11) is 0. The number of rotatable bonds is 5. The number of benzene rings is 1. The van der Waals surface area contributed by atoms with E-state index in [1.165, 1.54) is 0 Å². The molecular formula is C12H19ClN2O2. The van der Waals surface area contributed by atoms with E-state index in [0.29, 0.717) is 6.61 Å². The molecule has 0 aromatic heterocycles. The van der Waals surface area contributed by atoms with Gasteiger partial charge in [-0.25, -0.2) is 0 Å². The molecule has 0 heterocycles. The van der Waals surface area contributed by atoms with Crippen LogP contribution in [0.3, 0.4) is 0 Å². The molecule has 0 aliphatic heterocycles. The van der Waals surface area contributed by atoms with Gasteiger partial charge in [0, 0.05) is 0 Å². The third-order valence-electron chi connectivity index (χ3n) is 2.08. The summed E-state index contributed by atoms with van der Waals surface area (Å²) in [4.78, 5) is 11.0. The first kappa shape index (κ1) is 15.7. The van der Waals surface area contributed by atoms with Gasteiger partial charge in [0.25, 0.3) is 0 Å². The normalized spacial score (nSPS) is 11.2. The van der Waals surface area contributed by atoms with Gasteiger partial charge >= 0.3 is 0 Å². The molecule has 1 unspecified atom stereocenters. The van der Waals surface area contributed by atoms with Crippen molar-refractivity contribution in [3.8, 4) is 5.75 Å². The number of amides is 1. The second-order valence-electron chi connectivity index (χ2n) is 3.80. The number of nitrogens with two attached hydrogens (primary N) is 1. The average Bonchev–Trinajstić information content (AvgIpc) is 2.26. The Balaban J connectivity index is 0.00000256. The number of carbonyl (C=O) groups excluding carboxylic acids is 1. The van der Waals surface area contributed by atoms with E-state index in [4.69, 9.17) is 10.5 Å². The van der Waals surface area contributed by atoms with E-state index in [9.17, 15) is 4.79 Å². The third-order valence-corrected chi connectivity index (χ3v) is 2.08. The van der Waals surface area contributed by atoms with Crippen LogP contribution < -0.4 is 15.8 Å². The van der Waals surface area contributed by atoms with E-state index in [1.54, 1.807) is 0 Å². The number of hydrogen-bond donors (Lipinski definition) is 2. The van der Waals surface area contributed by atoms with Crippen molar-refractivity contribution in [1.29, 1.82) is 0 Å². The lowest BCUT2D eigenvalue weighted by Gasteiger charge is -2.14. The van der Waals surface area contributed by atoms with Gasteiger partial charge in [0.05, 0.1) is 12.6 Å². The largest absolute Gasteiger partial charge is 0.491 e. The zero-order chi connectivity index (χ0) is 12.0. The van der Waals surface area contributed by atoms with Crippen molar-refractivity contribution in [2.45, 2.75) is 19.9 Å². The average molecular weight is 259 g/mol. The molecule has 4 nitrogen and oxygen atoms in total. The van der Waals surface area contributed by atoms with Crippen molar-refractivity contribution in [2.24, 2.45) is 5.73 Å². The molecule has 0 bridgehead atoms. The van der Waals surface area contributed by atoms with E-state index in [1.807, 2.05) is 38.1 Å². The van der Waals surface area contributed by atoms with Crippen molar-refractivity contribution in [3.05, 3.63) is 29.8 Å². The van der Waals surface area contributed by atoms with E-state index in [0.717, 1.165) is 11.3 Å². The van der Waals surface area contributed by atoms with Crippen molar-refractivity contribution in [2.75, 3.05) is 13.2 Å². The topological polar surface area (TPSA) is 64.3 Å². The van der Waals surface area contributed by atoms with Crippen LogP contribution in [0.2, 0.25) is 0 Å². The Labute approximate surface area is 108 Å². The summed E-state index contributed by atoms with van der Waals surface area (Å²) >= 11 is 0. The molecule has 0 spiro atoms. The molecule has 1 aromatic carbocycles. The summed E-state index contributed by atoms with van der Waals surface area (Å²) < 4.78 is 5.54. The number of halogens is 1. The summed E-state index contributed by atoms with van der Waals surface area (Å²) in [5, 5.41) is 2.73. The number of nitrogens with one attached hydrogen (secondary N) is 1. The van der Waals surface area contributed by atoms with Gasteiger partial charge < -0.3 is 15.8 Å². The molecule has 17 heavy (non-hydrogen) atoms. The molecule has 1 atom stereocenters. The molecule has 96 valence electrons. The SMILES string of the molecule is Cc1cccc(OCC(C)NC(=O)CN)c1.Cl. The van der Waals surface area contributed by atoms with Gasteiger partial charge in [0.15, 0.2) is 0 Å². The van der Waals surface area contributed by atoms with Gasteiger partial charge in [0.2, 0.25) is 5.91 Å². The van der Waals surface area contributed by atoms with Gasteiger partial charge in [-0.15, -0.1) is 12.4 Å². The fourth-order valence-corrected chi connectivity index (χ4v) is 1.30. The molecule has 0 aliphatic rings. The molecule has 1 rings (SSSR count). The van der Waals surface area contributed by atoms with Gasteiger partial charge in [-0.3, -0.25) is 4.79 Å². The Morgan fingerprint density at radius 2 is 2.24 bits per heavy atom. The molecule has 5 heteroatoms. The van der Waals surface area contributed by atoms with Gasteiger partial charge in [-0.2, -0.15) is 0 Å². The Kier molecular flexibility index (Phi) is 7.34. The highest BCUT2D eigenvalue weighted by molar-refractivity contribution is 5.85. The zero-order valence-corrected chi connectivity index (χ0v) is 10.9. The highest BCUT2D eigenvalue weighted by Crippen LogP contribution is 2.12. The maximum atomic E-state index is 11.0. The Hall–Kier alpha value is -1.26. The zero-order valence-electron chi connectivity index (χ0n) is 10.1. The highest BCUT2D eigenvalue weighted by Gasteiger charge is 2.06. The maximum absolute atomic E-state index is 11.0. The Bertz CT molecular complexity index is 358. The summed E-state index contributed by atoms with van der Waals surface area (Å²) in [6, 6.07) is 7.75. The molecule has 0 radical (unpaired) electrons. The first-order valence-corrected chi connectivity index (χ1v) is 5.30. The summed E-state index contributed by atoms with van der Waals surface area (Å²) in [6.45, 7) is 4.33. The molecule has 0 saturated heterocycles. The van der Waals surface area contributed by atoms with Crippen LogP contribution in [0.15, 0.2) is 24.3 Å². The Morgan fingerprint density at radius 3 is 2.82 bits per heavy atom. The minimum absolute atomic E-state index is 0. The van der Waals surface area contributed by atoms with E-state index in [2.05, 4.69) is 5.32 Å². The lowest BCUT2D eigenvalue weighted by Crippen LogP contribution is -2.40. The maximum Gasteiger partial charge on any atom is 0.234 e.